The number of hydrogen-bond acceptors (Lipinski definition) is 1. The summed E-state index contributed by atoms with van der Waals surface area (Å²) in [6.45, 7) is 4.03. The first-order chi connectivity index (χ1) is 10.5. The Kier molecular flexibility index (Phi) is 3.67. The van der Waals surface area contributed by atoms with Gasteiger partial charge in [-0.15, -0.1) is 0 Å². The average Bonchev–Trinajstić information content (AvgIpc) is 2.77. The highest BCUT2D eigenvalue weighted by Gasteiger charge is 2.19. The van der Waals surface area contributed by atoms with Gasteiger partial charge in [0, 0.05) is 21.5 Å². The summed E-state index contributed by atoms with van der Waals surface area (Å²) in [4.78, 5) is 14.7. The number of carboxylic acid groups (broad SMARTS) is 1. The molecule has 0 amide bonds. The van der Waals surface area contributed by atoms with E-state index in [-0.39, 0.29) is 6.42 Å². The van der Waals surface area contributed by atoms with Gasteiger partial charge in [-0.05, 0) is 42.7 Å². The van der Waals surface area contributed by atoms with Crippen LogP contribution in [0.3, 0.4) is 0 Å². The number of halogens is 1. The molecule has 22 heavy (non-hydrogen) atoms. The Balaban J connectivity index is 2.36. The Morgan fingerprint density at radius 1 is 1.23 bits per heavy atom. The maximum Gasteiger partial charge on any atom is 0.307 e. The van der Waals surface area contributed by atoms with Crippen LogP contribution in [0.2, 0.25) is 5.02 Å². The number of fused-ring (bicyclic) bond motifs is 1. The van der Waals surface area contributed by atoms with Crippen LogP contribution in [-0.2, 0) is 11.2 Å². The van der Waals surface area contributed by atoms with Crippen LogP contribution in [0.4, 0.5) is 0 Å². The summed E-state index contributed by atoms with van der Waals surface area (Å²) in [7, 11) is 0. The van der Waals surface area contributed by atoms with Crippen LogP contribution in [0.25, 0.3) is 22.2 Å². The van der Waals surface area contributed by atoms with Crippen molar-refractivity contribution in [2.75, 3.05) is 0 Å². The molecule has 112 valence electrons. The summed E-state index contributed by atoms with van der Waals surface area (Å²) in [6, 6.07) is 11.6. The molecular weight excluding hydrogens is 298 g/mol. The van der Waals surface area contributed by atoms with Gasteiger partial charge in [0.25, 0.3) is 0 Å². The van der Waals surface area contributed by atoms with Gasteiger partial charge in [0.1, 0.15) is 0 Å². The Labute approximate surface area is 133 Å². The number of carboxylic acids is 1. The van der Waals surface area contributed by atoms with Crippen molar-refractivity contribution in [2.24, 2.45) is 0 Å². The quantitative estimate of drug-likeness (QED) is 0.734. The SMILES string of the molecule is Cc1cc(C)c2c(CC(=O)O)c(-c3ccccc3Cl)[nH]c2c1. The zero-order chi connectivity index (χ0) is 15.9. The van der Waals surface area contributed by atoms with E-state index in [9.17, 15) is 9.90 Å². The summed E-state index contributed by atoms with van der Waals surface area (Å²) in [5.74, 6) is -0.853. The normalized spacial score (nSPS) is 11.0. The average molecular weight is 314 g/mol. The summed E-state index contributed by atoms with van der Waals surface area (Å²) in [5, 5.41) is 10.9. The minimum atomic E-state index is -0.853. The van der Waals surface area contributed by atoms with E-state index >= 15 is 0 Å². The number of nitrogens with one attached hydrogen (secondary N) is 1. The number of carbonyl (C=O) groups is 1. The Morgan fingerprint density at radius 2 is 1.95 bits per heavy atom. The van der Waals surface area contributed by atoms with Gasteiger partial charge >= 0.3 is 5.97 Å². The Hall–Kier alpha value is -2.26. The van der Waals surface area contributed by atoms with Crippen molar-refractivity contribution in [3.05, 3.63) is 58.1 Å². The van der Waals surface area contributed by atoms with E-state index in [0.717, 1.165) is 38.9 Å². The third-order valence-electron chi connectivity index (χ3n) is 3.81. The van der Waals surface area contributed by atoms with Crippen molar-refractivity contribution >= 4 is 28.5 Å². The first-order valence-corrected chi connectivity index (χ1v) is 7.43. The zero-order valence-electron chi connectivity index (χ0n) is 12.4. The molecule has 0 saturated carbocycles. The molecule has 0 unspecified atom stereocenters. The number of aryl methyl sites for hydroxylation is 2. The second kappa shape index (κ2) is 5.50. The molecule has 2 N–H and O–H groups in total. The number of H-pyrrole nitrogens is 1. The van der Waals surface area contributed by atoms with Crippen molar-refractivity contribution < 1.29 is 9.90 Å². The van der Waals surface area contributed by atoms with Crippen LogP contribution in [0.1, 0.15) is 16.7 Å². The molecule has 0 saturated heterocycles. The Bertz CT molecular complexity index is 880. The first-order valence-electron chi connectivity index (χ1n) is 7.06. The van der Waals surface area contributed by atoms with Crippen molar-refractivity contribution in [3.63, 3.8) is 0 Å². The zero-order valence-corrected chi connectivity index (χ0v) is 13.2. The molecule has 0 atom stereocenters. The molecule has 1 heterocycles. The lowest BCUT2D eigenvalue weighted by Gasteiger charge is -2.06. The van der Waals surface area contributed by atoms with Crippen molar-refractivity contribution in [1.82, 2.24) is 4.98 Å². The van der Waals surface area contributed by atoms with E-state index < -0.39 is 5.97 Å². The minimum Gasteiger partial charge on any atom is -0.481 e. The lowest BCUT2D eigenvalue weighted by Crippen LogP contribution is -2.01. The van der Waals surface area contributed by atoms with Gasteiger partial charge < -0.3 is 10.1 Å². The van der Waals surface area contributed by atoms with Crippen LogP contribution < -0.4 is 0 Å². The van der Waals surface area contributed by atoms with Gasteiger partial charge in [-0.2, -0.15) is 0 Å². The summed E-state index contributed by atoms with van der Waals surface area (Å²) < 4.78 is 0. The number of hydrogen-bond donors (Lipinski definition) is 2. The number of benzene rings is 2. The van der Waals surface area contributed by atoms with Gasteiger partial charge in [-0.25, -0.2) is 0 Å². The molecule has 3 nitrogen and oxygen atoms in total. The highest BCUT2D eigenvalue weighted by atomic mass is 35.5. The fourth-order valence-electron chi connectivity index (χ4n) is 3.02. The molecular formula is C18H16ClNO2. The molecule has 0 bridgehead atoms. The smallest absolute Gasteiger partial charge is 0.307 e. The van der Waals surface area contributed by atoms with Crippen molar-refractivity contribution in [2.45, 2.75) is 20.3 Å². The molecule has 0 radical (unpaired) electrons. The lowest BCUT2D eigenvalue weighted by atomic mass is 9.99. The molecule has 3 aromatic rings. The lowest BCUT2D eigenvalue weighted by molar-refractivity contribution is -0.136. The molecule has 0 spiro atoms. The molecule has 2 aromatic carbocycles. The molecule has 4 heteroatoms. The van der Waals surface area contributed by atoms with Crippen LogP contribution in [0.5, 0.6) is 0 Å². The summed E-state index contributed by atoms with van der Waals surface area (Å²) >= 11 is 6.30. The maximum atomic E-state index is 11.3. The topological polar surface area (TPSA) is 53.1 Å². The Morgan fingerprint density at radius 3 is 2.64 bits per heavy atom. The van der Waals surface area contributed by atoms with Crippen LogP contribution in [0, 0.1) is 13.8 Å². The van der Waals surface area contributed by atoms with E-state index in [4.69, 9.17) is 11.6 Å². The van der Waals surface area contributed by atoms with Crippen LogP contribution in [-0.4, -0.2) is 16.1 Å². The fourth-order valence-corrected chi connectivity index (χ4v) is 3.25. The van der Waals surface area contributed by atoms with E-state index in [1.807, 2.05) is 44.2 Å². The molecule has 1 aromatic heterocycles. The third kappa shape index (κ3) is 2.48. The highest BCUT2D eigenvalue weighted by Crippen LogP contribution is 2.36. The van der Waals surface area contributed by atoms with E-state index in [2.05, 4.69) is 11.1 Å². The van der Waals surface area contributed by atoms with Gasteiger partial charge in [-0.1, -0.05) is 35.9 Å². The molecule has 0 aliphatic carbocycles. The second-order valence-corrected chi connectivity index (χ2v) is 5.94. The maximum absolute atomic E-state index is 11.3. The highest BCUT2D eigenvalue weighted by molar-refractivity contribution is 6.33. The van der Waals surface area contributed by atoms with Gasteiger partial charge in [0.2, 0.25) is 0 Å². The largest absolute Gasteiger partial charge is 0.481 e. The van der Waals surface area contributed by atoms with Crippen LogP contribution in [0.15, 0.2) is 36.4 Å². The standard InChI is InChI=1S/C18H16ClNO2/c1-10-7-11(2)17-13(9-16(21)22)18(20-15(17)8-10)12-5-3-4-6-14(12)19/h3-8,20H,9H2,1-2H3,(H,21,22). The fraction of sp³-hybridized carbons (Fsp3) is 0.167. The van der Waals surface area contributed by atoms with Crippen molar-refractivity contribution in [1.29, 1.82) is 0 Å². The van der Waals surface area contributed by atoms with E-state index in [0.29, 0.717) is 5.02 Å². The predicted octanol–water partition coefficient (Wildman–Crippen LogP) is 4.73. The monoisotopic (exact) mass is 313 g/mol. The van der Waals surface area contributed by atoms with E-state index in [1.165, 1.54) is 0 Å². The number of aromatic amines is 1. The summed E-state index contributed by atoms with van der Waals surface area (Å²) in [5.41, 5.74) is 5.56. The van der Waals surface area contributed by atoms with E-state index in [1.54, 1.807) is 0 Å². The third-order valence-corrected chi connectivity index (χ3v) is 4.14. The summed E-state index contributed by atoms with van der Waals surface area (Å²) in [6.07, 6.45) is -0.0372. The minimum absolute atomic E-state index is 0.0372. The second-order valence-electron chi connectivity index (χ2n) is 5.53. The van der Waals surface area contributed by atoms with Gasteiger partial charge in [-0.3, -0.25) is 4.79 Å². The van der Waals surface area contributed by atoms with Gasteiger partial charge in [0.05, 0.1) is 12.1 Å². The molecule has 3 rings (SSSR count). The van der Waals surface area contributed by atoms with Gasteiger partial charge in [0.15, 0.2) is 0 Å². The molecule has 0 aliphatic heterocycles. The first kappa shape index (κ1) is 14.7. The predicted molar refractivity (Wildman–Crippen MR) is 89.6 cm³/mol. The number of aliphatic carboxylic acids is 1. The van der Waals surface area contributed by atoms with Crippen LogP contribution >= 0.6 is 11.6 Å². The molecule has 0 fully saturated rings. The number of rotatable bonds is 3. The van der Waals surface area contributed by atoms with Crippen molar-refractivity contribution in [3.8, 4) is 11.3 Å². The number of aromatic nitrogens is 1. The molecule has 0 aliphatic rings.